The van der Waals surface area contributed by atoms with E-state index in [0.717, 1.165) is 26.9 Å². The fourth-order valence-corrected chi connectivity index (χ4v) is 2.73. The summed E-state index contributed by atoms with van der Waals surface area (Å²) >= 11 is 3.59. The average Bonchev–Trinajstić information content (AvgIpc) is 2.22. The van der Waals surface area contributed by atoms with Crippen LogP contribution in [-0.4, -0.2) is 18.8 Å². The minimum absolute atomic E-state index is 0.0881. The predicted octanol–water partition coefficient (Wildman–Crippen LogP) is 3.34. The van der Waals surface area contributed by atoms with E-state index in [9.17, 15) is 5.11 Å². The van der Waals surface area contributed by atoms with E-state index in [1.807, 2.05) is 27.7 Å². The smallest absolute Gasteiger partial charge is 0.126 e. The second-order valence-electron chi connectivity index (χ2n) is 4.77. The van der Waals surface area contributed by atoms with Crippen molar-refractivity contribution in [2.24, 2.45) is 0 Å². The van der Waals surface area contributed by atoms with Gasteiger partial charge in [0, 0.05) is 15.5 Å². The molecule has 1 N–H and O–H groups in total. The van der Waals surface area contributed by atoms with E-state index in [1.54, 1.807) is 7.11 Å². The van der Waals surface area contributed by atoms with Crippen LogP contribution in [0.3, 0.4) is 0 Å². The third kappa shape index (κ3) is 2.25. The number of ether oxygens (including phenoxy) is 1. The minimum Gasteiger partial charge on any atom is -0.496 e. The van der Waals surface area contributed by atoms with Gasteiger partial charge in [0.2, 0.25) is 0 Å². The maximum absolute atomic E-state index is 9.50. The summed E-state index contributed by atoms with van der Waals surface area (Å²) in [6.45, 7) is 8.18. The Hall–Kier alpha value is -0.540. The number of hydrogen-bond donors (Lipinski definition) is 1. The van der Waals surface area contributed by atoms with Gasteiger partial charge in [-0.05, 0) is 25.0 Å². The predicted molar refractivity (Wildman–Crippen MR) is 70.3 cm³/mol. The minimum atomic E-state index is -0.318. The van der Waals surface area contributed by atoms with Gasteiger partial charge in [-0.3, -0.25) is 0 Å². The Kier molecular flexibility index (Phi) is 4.02. The topological polar surface area (TPSA) is 29.5 Å². The molecule has 0 radical (unpaired) electrons. The first kappa shape index (κ1) is 13.5. The number of rotatable bonds is 3. The van der Waals surface area contributed by atoms with E-state index in [4.69, 9.17) is 4.74 Å². The summed E-state index contributed by atoms with van der Waals surface area (Å²) in [4.78, 5) is 0. The maximum atomic E-state index is 9.50. The fourth-order valence-electron chi connectivity index (χ4n) is 1.89. The van der Waals surface area contributed by atoms with E-state index in [0.29, 0.717) is 0 Å². The lowest BCUT2D eigenvalue weighted by molar-refractivity contribution is 0.214. The molecule has 16 heavy (non-hydrogen) atoms. The first-order valence-corrected chi connectivity index (χ1v) is 6.09. The highest BCUT2D eigenvalue weighted by Gasteiger charge is 2.28. The highest BCUT2D eigenvalue weighted by Crippen LogP contribution is 2.41. The van der Waals surface area contributed by atoms with Crippen LogP contribution in [0.2, 0.25) is 0 Å². The Bertz CT molecular complexity index is 397. The van der Waals surface area contributed by atoms with E-state index in [1.165, 1.54) is 0 Å². The zero-order chi connectivity index (χ0) is 12.5. The maximum Gasteiger partial charge on any atom is 0.126 e. The Morgan fingerprint density at radius 1 is 1.31 bits per heavy atom. The van der Waals surface area contributed by atoms with Crippen molar-refractivity contribution < 1.29 is 9.84 Å². The van der Waals surface area contributed by atoms with Crippen molar-refractivity contribution in [2.75, 3.05) is 13.7 Å². The molecule has 0 aromatic heterocycles. The first-order chi connectivity index (χ1) is 7.35. The molecule has 1 aromatic rings. The fraction of sp³-hybridized carbons (Fsp3) is 0.538. The molecular weight excluding hydrogens is 268 g/mol. The molecule has 0 saturated heterocycles. The Morgan fingerprint density at radius 3 is 2.31 bits per heavy atom. The standard InChI is InChI=1S/C13H19BrO2/c1-8-6-9(2)12(16-5)10(11(8)14)13(3,4)7-15/h6,15H,7H2,1-5H3. The van der Waals surface area contributed by atoms with Gasteiger partial charge < -0.3 is 9.84 Å². The van der Waals surface area contributed by atoms with Gasteiger partial charge in [0.25, 0.3) is 0 Å². The van der Waals surface area contributed by atoms with Crippen molar-refractivity contribution in [3.63, 3.8) is 0 Å². The molecule has 0 amide bonds. The van der Waals surface area contributed by atoms with Gasteiger partial charge in [0.05, 0.1) is 13.7 Å². The number of methoxy groups -OCH3 is 1. The van der Waals surface area contributed by atoms with Crippen molar-refractivity contribution in [3.05, 3.63) is 27.2 Å². The van der Waals surface area contributed by atoms with Gasteiger partial charge in [-0.2, -0.15) is 0 Å². The van der Waals surface area contributed by atoms with Crippen molar-refractivity contribution in [1.29, 1.82) is 0 Å². The van der Waals surface area contributed by atoms with Crippen LogP contribution in [0.15, 0.2) is 10.5 Å². The molecule has 3 heteroatoms. The lowest BCUT2D eigenvalue weighted by atomic mass is 9.83. The molecular formula is C13H19BrO2. The Balaban J connectivity index is 3.57. The van der Waals surface area contributed by atoms with E-state index < -0.39 is 0 Å². The molecule has 0 atom stereocenters. The van der Waals surface area contributed by atoms with Gasteiger partial charge >= 0.3 is 0 Å². The molecule has 1 rings (SSSR count). The van der Waals surface area contributed by atoms with Gasteiger partial charge in [-0.25, -0.2) is 0 Å². The summed E-state index contributed by atoms with van der Waals surface area (Å²) in [6.07, 6.45) is 0. The highest BCUT2D eigenvalue weighted by atomic mass is 79.9. The molecule has 0 heterocycles. The SMILES string of the molecule is COc1c(C)cc(C)c(Br)c1C(C)(C)CO. The van der Waals surface area contributed by atoms with Crippen LogP contribution in [0.5, 0.6) is 5.75 Å². The van der Waals surface area contributed by atoms with Crippen molar-refractivity contribution in [3.8, 4) is 5.75 Å². The van der Waals surface area contributed by atoms with Crippen molar-refractivity contribution >= 4 is 15.9 Å². The van der Waals surface area contributed by atoms with Crippen LogP contribution in [0, 0.1) is 13.8 Å². The van der Waals surface area contributed by atoms with Crippen molar-refractivity contribution in [2.45, 2.75) is 33.1 Å². The molecule has 0 aliphatic carbocycles. The number of hydrogen-bond acceptors (Lipinski definition) is 2. The monoisotopic (exact) mass is 286 g/mol. The molecule has 1 aromatic carbocycles. The quantitative estimate of drug-likeness (QED) is 0.924. The van der Waals surface area contributed by atoms with Gasteiger partial charge in [0.1, 0.15) is 5.75 Å². The molecule has 90 valence electrons. The van der Waals surface area contributed by atoms with E-state index in [-0.39, 0.29) is 12.0 Å². The zero-order valence-corrected chi connectivity index (χ0v) is 12.1. The van der Waals surface area contributed by atoms with Crippen LogP contribution in [-0.2, 0) is 5.41 Å². The normalized spacial score (nSPS) is 11.7. The summed E-state index contributed by atoms with van der Waals surface area (Å²) in [5, 5.41) is 9.50. The third-order valence-electron chi connectivity index (χ3n) is 2.86. The summed E-state index contributed by atoms with van der Waals surface area (Å²) in [7, 11) is 1.67. The van der Waals surface area contributed by atoms with Crippen LogP contribution in [0.25, 0.3) is 0 Å². The third-order valence-corrected chi connectivity index (χ3v) is 3.88. The molecule has 0 fully saturated rings. The second-order valence-corrected chi connectivity index (χ2v) is 5.57. The lowest BCUT2D eigenvalue weighted by Crippen LogP contribution is -2.24. The van der Waals surface area contributed by atoms with Gasteiger partial charge in [-0.15, -0.1) is 0 Å². The summed E-state index contributed by atoms with van der Waals surface area (Å²) in [5.41, 5.74) is 2.98. The number of aliphatic hydroxyl groups excluding tert-OH is 1. The lowest BCUT2D eigenvalue weighted by Gasteiger charge is -2.28. The molecule has 0 bridgehead atoms. The molecule has 0 saturated carbocycles. The molecule has 0 spiro atoms. The zero-order valence-electron chi connectivity index (χ0n) is 10.5. The van der Waals surface area contributed by atoms with Gasteiger partial charge in [0.15, 0.2) is 0 Å². The van der Waals surface area contributed by atoms with E-state index in [2.05, 4.69) is 22.0 Å². The summed E-state index contributed by atoms with van der Waals surface area (Å²) in [5.74, 6) is 0.858. The molecule has 0 unspecified atom stereocenters. The number of aliphatic hydroxyl groups is 1. The van der Waals surface area contributed by atoms with Crippen LogP contribution in [0.1, 0.15) is 30.5 Å². The van der Waals surface area contributed by atoms with Crippen LogP contribution < -0.4 is 4.74 Å². The summed E-state index contributed by atoms with van der Waals surface area (Å²) in [6, 6.07) is 2.08. The van der Waals surface area contributed by atoms with Crippen LogP contribution in [0.4, 0.5) is 0 Å². The number of halogens is 1. The van der Waals surface area contributed by atoms with Crippen molar-refractivity contribution in [1.82, 2.24) is 0 Å². The largest absolute Gasteiger partial charge is 0.496 e. The van der Waals surface area contributed by atoms with E-state index >= 15 is 0 Å². The second kappa shape index (κ2) is 4.76. The molecule has 2 nitrogen and oxygen atoms in total. The highest BCUT2D eigenvalue weighted by molar-refractivity contribution is 9.10. The average molecular weight is 287 g/mol. The number of aryl methyl sites for hydroxylation is 2. The Morgan fingerprint density at radius 2 is 1.88 bits per heavy atom. The van der Waals surface area contributed by atoms with Gasteiger partial charge in [-0.1, -0.05) is 35.8 Å². The molecule has 0 aliphatic rings. The summed E-state index contributed by atoms with van der Waals surface area (Å²) < 4.78 is 6.48. The number of benzene rings is 1. The Labute approximate surface area is 106 Å². The first-order valence-electron chi connectivity index (χ1n) is 5.30. The van der Waals surface area contributed by atoms with Crippen LogP contribution >= 0.6 is 15.9 Å². The molecule has 0 aliphatic heterocycles.